The smallest absolute Gasteiger partial charge is 0.387 e. The number of halogens is 2. The molecule has 0 unspecified atom stereocenters. The Kier molecular flexibility index (Phi) is 6.85. The van der Waals surface area contributed by atoms with Crippen molar-refractivity contribution < 1.29 is 26.7 Å². The number of hydrogen-bond donors (Lipinski definition) is 2. The lowest BCUT2D eigenvalue weighted by atomic mass is 10.2. The first-order chi connectivity index (χ1) is 11.9. The van der Waals surface area contributed by atoms with E-state index in [1.807, 2.05) is 0 Å². The summed E-state index contributed by atoms with van der Waals surface area (Å²) < 4.78 is 54.6. The number of ether oxygens (including phenoxy) is 1. The quantitative estimate of drug-likeness (QED) is 0.688. The fourth-order valence-corrected chi connectivity index (χ4v) is 3.93. The zero-order valence-electron chi connectivity index (χ0n) is 12.9. The van der Waals surface area contributed by atoms with Gasteiger partial charge in [0.2, 0.25) is 15.9 Å². The molecule has 10 heteroatoms. The Morgan fingerprint density at radius 2 is 1.92 bits per heavy atom. The molecule has 2 N–H and O–H groups in total. The van der Waals surface area contributed by atoms with E-state index in [0.29, 0.717) is 5.56 Å². The zero-order valence-corrected chi connectivity index (χ0v) is 14.6. The number of carbonyl (C=O) groups is 1. The van der Waals surface area contributed by atoms with Gasteiger partial charge in [-0.3, -0.25) is 4.79 Å². The lowest BCUT2D eigenvalue weighted by molar-refractivity contribution is -0.121. The maximum Gasteiger partial charge on any atom is 0.387 e. The largest absolute Gasteiger partial charge is 0.435 e. The SMILES string of the molecule is O=C(CCNS(=O)(=O)c1cccs1)NCc1ccc(OC(F)F)cc1. The molecule has 0 aliphatic rings. The lowest BCUT2D eigenvalue weighted by Gasteiger charge is -2.08. The van der Waals surface area contributed by atoms with E-state index in [4.69, 9.17) is 0 Å². The molecular weight excluding hydrogens is 374 g/mol. The highest BCUT2D eigenvalue weighted by molar-refractivity contribution is 7.91. The molecule has 0 fully saturated rings. The molecule has 0 aliphatic heterocycles. The first-order valence-electron chi connectivity index (χ1n) is 7.20. The van der Waals surface area contributed by atoms with Gasteiger partial charge in [0.1, 0.15) is 9.96 Å². The second-order valence-electron chi connectivity index (χ2n) is 4.88. The summed E-state index contributed by atoms with van der Waals surface area (Å²) in [5.41, 5.74) is 0.703. The predicted octanol–water partition coefficient (Wildman–Crippen LogP) is 2.33. The summed E-state index contributed by atoms with van der Waals surface area (Å²) >= 11 is 1.09. The molecule has 0 spiro atoms. The molecule has 1 aromatic carbocycles. The van der Waals surface area contributed by atoms with Crippen molar-refractivity contribution in [3.8, 4) is 5.75 Å². The lowest BCUT2D eigenvalue weighted by Crippen LogP contribution is -2.30. The molecule has 0 atom stereocenters. The van der Waals surface area contributed by atoms with Gasteiger partial charge < -0.3 is 10.1 Å². The number of alkyl halides is 2. The number of sulfonamides is 1. The molecule has 0 saturated heterocycles. The number of amides is 1. The Morgan fingerprint density at radius 1 is 1.20 bits per heavy atom. The highest BCUT2D eigenvalue weighted by Crippen LogP contribution is 2.15. The highest BCUT2D eigenvalue weighted by Gasteiger charge is 2.14. The monoisotopic (exact) mass is 390 g/mol. The van der Waals surface area contributed by atoms with Gasteiger partial charge in [-0.25, -0.2) is 13.1 Å². The topological polar surface area (TPSA) is 84.5 Å². The molecule has 0 radical (unpaired) electrons. The zero-order chi connectivity index (χ0) is 18.3. The van der Waals surface area contributed by atoms with Crippen molar-refractivity contribution in [2.75, 3.05) is 6.54 Å². The maximum absolute atomic E-state index is 12.0. The molecule has 25 heavy (non-hydrogen) atoms. The van der Waals surface area contributed by atoms with E-state index in [2.05, 4.69) is 14.8 Å². The summed E-state index contributed by atoms with van der Waals surface area (Å²) in [6.45, 7) is -2.71. The Hall–Kier alpha value is -2.04. The fraction of sp³-hybridized carbons (Fsp3) is 0.267. The predicted molar refractivity (Wildman–Crippen MR) is 89.0 cm³/mol. The average molecular weight is 390 g/mol. The van der Waals surface area contributed by atoms with Crippen molar-refractivity contribution in [1.29, 1.82) is 0 Å². The second kappa shape index (κ2) is 8.88. The molecular formula is C15H16F2N2O4S2. The van der Waals surface area contributed by atoms with Crippen LogP contribution in [-0.4, -0.2) is 27.5 Å². The standard InChI is InChI=1S/C15H16F2N2O4S2/c16-15(17)23-12-5-3-11(4-6-12)10-18-13(20)7-8-19-25(21,22)14-2-1-9-24-14/h1-6,9,15,19H,7-8,10H2,(H,18,20). The van der Waals surface area contributed by atoms with Gasteiger partial charge in [0.15, 0.2) is 0 Å². The van der Waals surface area contributed by atoms with Crippen LogP contribution in [0.2, 0.25) is 0 Å². The van der Waals surface area contributed by atoms with Gasteiger partial charge >= 0.3 is 6.61 Å². The first kappa shape index (κ1) is 19.3. The van der Waals surface area contributed by atoms with Crippen LogP contribution in [-0.2, 0) is 21.4 Å². The Balaban J connectivity index is 1.72. The minimum Gasteiger partial charge on any atom is -0.435 e. The van der Waals surface area contributed by atoms with Gasteiger partial charge in [-0.2, -0.15) is 8.78 Å². The van der Waals surface area contributed by atoms with E-state index in [-0.39, 0.29) is 35.4 Å². The van der Waals surface area contributed by atoms with Crippen molar-refractivity contribution in [2.45, 2.75) is 23.8 Å². The van der Waals surface area contributed by atoms with Crippen molar-refractivity contribution >= 4 is 27.3 Å². The molecule has 0 aliphatic carbocycles. The minimum atomic E-state index is -3.58. The number of benzene rings is 1. The van der Waals surface area contributed by atoms with E-state index in [1.54, 1.807) is 23.6 Å². The number of rotatable bonds is 9. The van der Waals surface area contributed by atoms with Crippen LogP contribution in [0.25, 0.3) is 0 Å². The van der Waals surface area contributed by atoms with Crippen LogP contribution >= 0.6 is 11.3 Å². The molecule has 136 valence electrons. The molecule has 1 amide bonds. The first-order valence-corrected chi connectivity index (χ1v) is 9.57. The van der Waals surface area contributed by atoms with E-state index in [9.17, 15) is 22.0 Å². The van der Waals surface area contributed by atoms with E-state index < -0.39 is 16.6 Å². The number of carbonyl (C=O) groups excluding carboxylic acids is 1. The number of thiophene rings is 1. The van der Waals surface area contributed by atoms with Crippen LogP contribution in [0.15, 0.2) is 46.0 Å². The fourth-order valence-electron chi connectivity index (χ4n) is 1.86. The molecule has 1 aromatic heterocycles. The number of nitrogens with one attached hydrogen (secondary N) is 2. The van der Waals surface area contributed by atoms with Crippen LogP contribution in [0, 0.1) is 0 Å². The average Bonchev–Trinajstić information content (AvgIpc) is 3.09. The van der Waals surface area contributed by atoms with Gasteiger partial charge in [0, 0.05) is 19.5 Å². The van der Waals surface area contributed by atoms with Crippen molar-refractivity contribution in [3.05, 3.63) is 47.3 Å². The summed E-state index contributed by atoms with van der Waals surface area (Å²) in [6.07, 6.45) is -0.0167. The minimum absolute atomic E-state index is 0.0167. The van der Waals surface area contributed by atoms with Crippen LogP contribution in [0.4, 0.5) is 8.78 Å². The summed E-state index contributed by atoms with van der Waals surface area (Å²) in [5.74, 6) is -0.296. The molecule has 2 rings (SSSR count). The van der Waals surface area contributed by atoms with Crippen molar-refractivity contribution in [2.24, 2.45) is 0 Å². The maximum atomic E-state index is 12.0. The van der Waals surface area contributed by atoms with Gasteiger partial charge in [0.05, 0.1) is 0 Å². The third-order valence-corrected chi connectivity index (χ3v) is 5.90. The van der Waals surface area contributed by atoms with Crippen molar-refractivity contribution in [1.82, 2.24) is 10.0 Å². The Labute approximate surface area is 147 Å². The van der Waals surface area contributed by atoms with E-state index in [1.165, 1.54) is 18.2 Å². The van der Waals surface area contributed by atoms with E-state index in [0.717, 1.165) is 11.3 Å². The summed E-state index contributed by atoms with van der Waals surface area (Å²) in [7, 11) is -3.58. The van der Waals surface area contributed by atoms with Crippen molar-refractivity contribution in [3.63, 3.8) is 0 Å². The molecule has 0 bridgehead atoms. The summed E-state index contributed by atoms with van der Waals surface area (Å²) in [4.78, 5) is 11.7. The second-order valence-corrected chi connectivity index (χ2v) is 7.82. The van der Waals surface area contributed by atoms with Crippen LogP contribution < -0.4 is 14.8 Å². The van der Waals surface area contributed by atoms with Crippen LogP contribution in [0.3, 0.4) is 0 Å². The van der Waals surface area contributed by atoms with E-state index >= 15 is 0 Å². The number of hydrogen-bond acceptors (Lipinski definition) is 5. The van der Waals surface area contributed by atoms with Gasteiger partial charge in [-0.1, -0.05) is 18.2 Å². The normalized spacial score (nSPS) is 11.5. The summed E-state index contributed by atoms with van der Waals surface area (Å²) in [6, 6.07) is 8.97. The van der Waals surface area contributed by atoms with Gasteiger partial charge in [0.25, 0.3) is 0 Å². The Bertz CT molecular complexity index is 778. The van der Waals surface area contributed by atoms with Gasteiger partial charge in [-0.05, 0) is 29.1 Å². The van der Waals surface area contributed by atoms with Crippen LogP contribution in [0.1, 0.15) is 12.0 Å². The highest BCUT2D eigenvalue weighted by atomic mass is 32.2. The molecule has 2 aromatic rings. The third-order valence-electron chi connectivity index (χ3n) is 3.04. The van der Waals surface area contributed by atoms with Crippen LogP contribution in [0.5, 0.6) is 5.75 Å². The molecule has 1 heterocycles. The summed E-state index contributed by atoms with van der Waals surface area (Å²) in [5, 5.41) is 4.27. The molecule has 6 nitrogen and oxygen atoms in total. The third kappa shape index (κ3) is 6.40. The Morgan fingerprint density at radius 3 is 2.52 bits per heavy atom. The van der Waals surface area contributed by atoms with Gasteiger partial charge in [-0.15, -0.1) is 11.3 Å². The molecule has 0 saturated carbocycles.